The van der Waals surface area contributed by atoms with Crippen LogP contribution in [0.1, 0.15) is 35.3 Å². The monoisotopic (exact) mass is 652 g/mol. The maximum atomic E-state index is 13.1. The number of rotatable bonds is 10. The van der Waals surface area contributed by atoms with Crippen LogP contribution in [0.25, 0.3) is 0 Å². The number of esters is 1. The van der Waals surface area contributed by atoms with Crippen LogP contribution >= 0.6 is 40.3 Å². The van der Waals surface area contributed by atoms with Gasteiger partial charge < -0.3 is 25.0 Å². The van der Waals surface area contributed by atoms with Crippen LogP contribution in [0.15, 0.2) is 69.6 Å². The van der Waals surface area contributed by atoms with Gasteiger partial charge in [0.05, 0.1) is 21.1 Å². The Labute approximate surface area is 232 Å². The first-order valence-electron chi connectivity index (χ1n) is 11.2. The normalized spacial score (nSPS) is 13.4. The van der Waals surface area contributed by atoms with Gasteiger partial charge in [-0.2, -0.15) is 0 Å². The third-order valence-electron chi connectivity index (χ3n) is 5.35. The molecule has 0 radical (unpaired) electrons. The number of carbonyl (C=O) groups excluding carboxylic acids is 2. The molecular weight excluding hydrogens is 629 g/mol. The average Bonchev–Trinajstić information content (AvgIpc) is 2.87. The third kappa shape index (κ3) is 7.38. The van der Waals surface area contributed by atoms with Gasteiger partial charge in [-0.25, -0.2) is 4.79 Å². The average molecular weight is 654 g/mol. The number of nitrogens with one attached hydrogen (secondary N) is 1. The molecule has 0 saturated heterocycles. The van der Waals surface area contributed by atoms with Crippen molar-refractivity contribution in [3.8, 4) is 17.2 Å². The molecule has 11 heteroatoms. The fourth-order valence-electron chi connectivity index (χ4n) is 3.40. The van der Waals surface area contributed by atoms with E-state index in [0.29, 0.717) is 20.3 Å². The smallest absolute Gasteiger partial charge is 0.364 e. The lowest BCUT2D eigenvalue weighted by Gasteiger charge is -2.18. The molecule has 3 rings (SSSR count). The maximum absolute atomic E-state index is 13.1. The Morgan fingerprint density at radius 2 is 1.73 bits per heavy atom. The van der Waals surface area contributed by atoms with Gasteiger partial charge >= 0.3 is 14.4 Å². The lowest BCUT2D eigenvalue weighted by atomic mass is 10.1. The highest BCUT2D eigenvalue weighted by molar-refractivity contribution is 9.11. The van der Waals surface area contributed by atoms with Gasteiger partial charge in [-0.1, -0.05) is 34.9 Å². The minimum atomic E-state index is -1.54. The molecule has 0 fully saturated rings. The number of amides is 1. The molecule has 1 amide bonds. The van der Waals surface area contributed by atoms with E-state index >= 15 is 0 Å². The number of aromatic hydroxyl groups is 1. The molecule has 0 aliphatic carbocycles. The predicted octanol–water partition coefficient (Wildman–Crippen LogP) is 5.80. The van der Waals surface area contributed by atoms with Crippen molar-refractivity contribution in [1.29, 1.82) is 0 Å². The lowest BCUT2D eigenvalue weighted by Crippen LogP contribution is -2.43. The molecule has 3 aromatic rings. The fourth-order valence-corrected chi connectivity index (χ4v) is 5.01. The van der Waals surface area contributed by atoms with E-state index in [1.807, 2.05) is 30.3 Å². The molecule has 0 aliphatic heterocycles. The molecule has 3 unspecified atom stereocenters. The summed E-state index contributed by atoms with van der Waals surface area (Å²) in [5.74, 6) is -1.01. The van der Waals surface area contributed by atoms with E-state index in [-0.39, 0.29) is 30.1 Å². The van der Waals surface area contributed by atoms with Crippen LogP contribution in [0.4, 0.5) is 0 Å². The Bertz CT molecular complexity index is 1280. The minimum Gasteiger partial charge on any atom is -0.507 e. The molecule has 0 aliphatic rings. The molecule has 3 aromatic carbocycles. The van der Waals surface area contributed by atoms with Gasteiger partial charge in [0, 0.05) is 18.9 Å². The van der Waals surface area contributed by atoms with Crippen molar-refractivity contribution in [2.75, 3.05) is 6.61 Å². The summed E-state index contributed by atoms with van der Waals surface area (Å²) in [5, 5.41) is 21.8. The largest absolute Gasteiger partial charge is 0.507 e. The van der Waals surface area contributed by atoms with E-state index < -0.39 is 31.7 Å². The number of phenols is 1. The SMILES string of the molecule is CCOC(=O)C(Cc1ccccc1)NC(=O)c1cc(Oc2c(Br)cc(C(C)(O)[PH+]=O)cc2Br)ccc1O. The van der Waals surface area contributed by atoms with Gasteiger partial charge in [-0.3, -0.25) is 4.79 Å². The van der Waals surface area contributed by atoms with Crippen LogP contribution in [0.5, 0.6) is 17.2 Å². The van der Waals surface area contributed by atoms with Gasteiger partial charge in [-0.15, -0.1) is 0 Å². The zero-order valence-electron chi connectivity index (χ0n) is 20.0. The molecule has 37 heavy (non-hydrogen) atoms. The standard InChI is InChI=1S/C26H24Br2NO7P/c1-3-35-25(32)21(11-15-7-5-4-6-8-15)29-24(31)18-14-17(9-10-22(18)30)36-23-19(27)12-16(13-20(23)28)26(2,33)37-34/h4-10,12-14,21,30,33H,3,11H2,1-2H3,(H,29,31)/p+1. The number of ether oxygens (including phenoxy) is 2. The summed E-state index contributed by atoms with van der Waals surface area (Å²) < 4.78 is 23.3. The second-order valence-corrected chi connectivity index (χ2v) is 11.1. The van der Waals surface area contributed by atoms with E-state index in [1.54, 1.807) is 19.1 Å². The second-order valence-electron chi connectivity index (χ2n) is 8.19. The molecule has 3 N–H and O–H groups in total. The van der Waals surface area contributed by atoms with Gasteiger partial charge in [0.15, 0.2) is 5.75 Å². The van der Waals surface area contributed by atoms with E-state index in [0.717, 1.165) is 5.56 Å². The Hall–Kier alpha value is -2.78. The molecule has 0 aromatic heterocycles. The summed E-state index contributed by atoms with van der Waals surface area (Å²) in [6.45, 7) is 3.26. The second kappa shape index (κ2) is 12.6. The van der Waals surface area contributed by atoms with E-state index in [4.69, 9.17) is 9.47 Å². The fraction of sp³-hybridized carbons (Fsp3) is 0.231. The number of halogens is 2. The van der Waals surface area contributed by atoms with Gasteiger partial charge in [-0.05, 0) is 74.7 Å². The number of hydrogen-bond acceptors (Lipinski definition) is 7. The predicted molar refractivity (Wildman–Crippen MR) is 147 cm³/mol. The summed E-state index contributed by atoms with van der Waals surface area (Å²) in [7, 11) is -0.978. The summed E-state index contributed by atoms with van der Waals surface area (Å²) in [5.41, 5.74) is 1.14. The van der Waals surface area contributed by atoms with Crippen LogP contribution in [-0.2, 0) is 25.9 Å². The number of aliphatic hydroxyl groups is 1. The molecule has 0 saturated carbocycles. The maximum Gasteiger partial charge on any atom is 0.364 e. The van der Waals surface area contributed by atoms with Crippen molar-refractivity contribution in [1.82, 2.24) is 5.32 Å². The van der Waals surface area contributed by atoms with E-state index in [2.05, 4.69) is 37.2 Å². The Kier molecular flexibility index (Phi) is 9.84. The number of benzene rings is 3. The van der Waals surface area contributed by atoms with Gasteiger partial charge in [0.25, 0.3) is 11.2 Å². The van der Waals surface area contributed by atoms with Crippen LogP contribution < -0.4 is 10.1 Å². The van der Waals surface area contributed by atoms with Gasteiger partial charge in [0.1, 0.15) is 17.5 Å². The Morgan fingerprint density at radius 1 is 1.08 bits per heavy atom. The van der Waals surface area contributed by atoms with Crippen molar-refractivity contribution in [3.05, 3.63) is 86.3 Å². The Balaban J connectivity index is 1.86. The van der Waals surface area contributed by atoms with Crippen molar-refractivity contribution >= 4 is 52.2 Å². The first-order chi connectivity index (χ1) is 17.6. The van der Waals surface area contributed by atoms with Crippen molar-refractivity contribution in [3.63, 3.8) is 0 Å². The van der Waals surface area contributed by atoms with Crippen LogP contribution in [0.3, 0.4) is 0 Å². The topological polar surface area (TPSA) is 122 Å². The van der Waals surface area contributed by atoms with Crippen molar-refractivity contribution in [2.45, 2.75) is 31.7 Å². The Morgan fingerprint density at radius 3 is 2.32 bits per heavy atom. The zero-order valence-corrected chi connectivity index (χ0v) is 24.1. The molecule has 0 heterocycles. The van der Waals surface area contributed by atoms with Crippen LogP contribution in [0, 0.1) is 0 Å². The van der Waals surface area contributed by atoms with Crippen LogP contribution in [0.2, 0.25) is 0 Å². The molecule has 8 nitrogen and oxygen atoms in total. The highest BCUT2D eigenvalue weighted by Gasteiger charge is 2.33. The molecule has 0 spiro atoms. The van der Waals surface area contributed by atoms with Crippen LogP contribution in [-0.4, -0.2) is 34.7 Å². The van der Waals surface area contributed by atoms with Crippen molar-refractivity contribution < 1.29 is 33.8 Å². The highest BCUT2D eigenvalue weighted by atomic mass is 79.9. The summed E-state index contributed by atoms with van der Waals surface area (Å²) >= 11 is 6.78. The third-order valence-corrected chi connectivity index (χ3v) is 7.22. The first kappa shape index (κ1) is 28.8. The van der Waals surface area contributed by atoms with Gasteiger partial charge in [0.2, 0.25) is 0 Å². The minimum absolute atomic E-state index is 0.0980. The number of phenolic OH excluding ortho intramolecular Hbond substituents is 1. The summed E-state index contributed by atoms with van der Waals surface area (Å²) in [6.07, 6.45) is 0.211. The first-order valence-corrected chi connectivity index (χ1v) is 13.7. The zero-order chi connectivity index (χ0) is 27.2. The van der Waals surface area contributed by atoms with E-state index in [9.17, 15) is 24.4 Å². The summed E-state index contributed by atoms with van der Waals surface area (Å²) in [6, 6.07) is 15.5. The molecule has 0 bridgehead atoms. The van der Waals surface area contributed by atoms with Crippen molar-refractivity contribution in [2.24, 2.45) is 0 Å². The molecule has 3 atom stereocenters. The highest BCUT2D eigenvalue weighted by Crippen LogP contribution is 2.42. The molecular formula is C26H25Br2NO7P+. The lowest BCUT2D eigenvalue weighted by molar-refractivity contribution is -0.145. The quantitative estimate of drug-likeness (QED) is 0.187. The number of carbonyl (C=O) groups is 2. The summed E-state index contributed by atoms with van der Waals surface area (Å²) in [4.78, 5) is 25.6. The number of hydrogen-bond donors (Lipinski definition) is 3. The molecule has 194 valence electrons. The van der Waals surface area contributed by atoms with E-state index in [1.165, 1.54) is 25.1 Å².